The number of methoxy groups -OCH3 is 1. The lowest BCUT2D eigenvalue weighted by molar-refractivity contribution is 0.122. The highest BCUT2D eigenvalue weighted by atomic mass is 32.2. The van der Waals surface area contributed by atoms with Crippen LogP contribution in [0.1, 0.15) is 20.8 Å². The SMILES string of the molecule is C=C1C(C)=C(C)SC1(C)OC. The minimum Gasteiger partial charge on any atom is -0.363 e. The Kier molecular flexibility index (Phi) is 2.17. The molecule has 0 saturated heterocycles. The van der Waals surface area contributed by atoms with Crippen molar-refractivity contribution in [2.24, 2.45) is 0 Å². The van der Waals surface area contributed by atoms with Gasteiger partial charge in [-0.1, -0.05) is 18.3 Å². The Labute approximate surface area is 72.5 Å². The molecule has 1 heterocycles. The van der Waals surface area contributed by atoms with Crippen LogP contribution in [0.15, 0.2) is 22.6 Å². The molecule has 1 aliphatic rings. The standard InChI is InChI=1S/C9H14OS/c1-6-7(2)9(4,10-5)11-8(6)3/h2H2,1,3-5H3. The first-order valence-corrected chi connectivity index (χ1v) is 4.44. The molecule has 0 aliphatic carbocycles. The van der Waals surface area contributed by atoms with Crippen LogP contribution in [0.3, 0.4) is 0 Å². The van der Waals surface area contributed by atoms with Gasteiger partial charge in [-0.2, -0.15) is 0 Å². The van der Waals surface area contributed by atoms with Crippen molar-refractivity contribution >= 4 is 11.8 Å². The average Bonchev–Trinajstić information content (AvgIpc) is 2.17. The molecule has 0 bridgehead atoms. The molecule has 0 spiro atoms. The van der Waals surface area contributed by atoms with Gasteiger partial charge in [-0.15, -0.1) is 0 Å². The quantitative estimate of drug-likeness (QED) is 0.598. The molecule has 1 nitrogen and oxygen atoms in total. The summed E-state index contributed by atoms with van der Waals surface area (Å²) in [7, 11) is 1.73. The minimum atomic E-state index is -0.214. The monoisotopic (exact) mass is 170 g/mol. The van der Waals surface area contributed by atoms with Gasteiger partial charge in [-0.3, -0.25) is 0 Å². The van der Waals surface area contributed by atoms with Gasteiger partial charge in [0.05, 0.1) is 0 Å². The molecule has 0 aromatic rings. The van der Waals surface area contributed by atoms with Gasteiger partial charge in [-0.05, 0) is 36.8 Å². The summed E-state index contributed by atoms with van der Waals surface area (Å²) in [5.41, 5.74) is 2.38. The Balaban J connectivity index is 2.95. The van der Waals surface area contributed by atoms with E-state index in [1.165, 1.54) is 10.5 Å². The van der Waals surface area contributed by atoms with Crippen LogP contribution in [-0.2, 0) is 4.74 Å². The molecule has 1 rings (SSSR count). The fraction of sp³-hybridized carbons (Fsp3) is 0.556. The third kappa shape index (κ3) is 1.25. The molecular formula is C9H14OS. The van der Waals surface area contributed by atoms with Crippen LogP contribution >= 0.6 is 11.8 Å². The van der Waals surface area contributed by atoms with E-state index in [0.717, 1.165) is 5.57 Å². The van der Waals surface area contributed by atoms with Gasteiger partial charge in [0.2, 0.25) is 0 Å². The topological polar surface area (TPSA) is 9.23 Å². The van der Waals surface area contributed by atoms with E-state index in [9.17, 15) is 0 Å². The van der Waals surface area contributed by atoms with Gasteiger partial charge in [0.25, 0.3) is 0 Å². The zero-order valence-electron chi connectivity index (χ0n) is 7.52. The Hall–Kier alpha value is -0.210. The zero-order chi connectivity index (χ0) is 8.65. The highest BCUT2D eigenvalue weighted by Crippen LogP contribution is 2.48. The Morgan fingerprint density at radius 2 is 2.00 bits per heavy atom. The number of ether oxygens (including phenoxy) is 1. The van der Waals surface area contributed by atoms with E-state index in [0.29, 0.717) is 0 Å². The lowest BCUT2D eigenvalue weighted by Crippen LogP contribution is -2.21. The van der Waals surface area contributed by atoms with Crippen molar-refractivity contribution in [3.63, 3.8) is 0 Å². The van der Waals surface area contributed by atoms with Crippen LogP contribution in [0.4, 0.5) is 0 Å². The fourth-order valence-corrected chi connectivity index (χ4v) is 2.37. The molecule has 0 saturated carbocycles. The molecule has 0 aromatic carbocycles. The zero-order valence-corrected chi connectivity index (χ0v) is 8.34. The van der Waals surface area contributed by atoms with Crippen molar-refractivity contribution in [3.05, 3.63) is 22.6 Å². The van der Waals surface area contributed by atoms with Crippen molar-refractivity contribution in [1.82, 2.24) is 0 Å². The van der Waals surface area contributed by atoms with Crippen molar-refractivity contribution in [2.75, 3.05) is 7.11 Å². The molecule has 0 radical (unpaired) electrons. The summed E-state index contributed by atoms with van der Waals surface area (Å²) >= 11 is 1.74. The molecule has 1 aliphatic heterocycles. The first-order valence-electron chi connectivity index (χ1n) is 3.62. The van der Waals surface area contributed by atoms with Gasteiger partial charge in [0.1, 0.15) is 4.93 Å². The second-order valence-corrected chi connectivity index (χ2v) is 4.51. The first-order chi connectivity index (χ1) is 5.01. The van der Waals surface area contributed by atoms with E-state index in [-0.39, 0.29) is 4.93 Å². The molecular weight excluding hydrogens is 156 g/mol. The number of allylic oxidation sites excluding steroid dienone is 1. The third-order valence-corrected chi connectivity index (χ3v) is 3.68. The molecule has 0 fully saturated rings. The van der Waals surface area contributed by atoms with E-state index in [2.05, 4.69) is 27.4 Å². The molecule has 1 unspecified atom stereocenters. The van der Waals surface area contributed by atoms with E-state index < -0.39 is 0 Å². The van der Waals surface area contributed by atoms with Crippen LogP contribution in [-0.4, -0.2) is 12.0 Å². The van der Waals surface area contributed by atoms with Crippen LogP contribution in [0.25, 0.3) is 0 Å². The molecule has 1 atom stereocenters. The number of thioether (sulfide) groups is 1. The Morgan fingerprint density at radius 3 is 2.18 bits per heavy atom. The minimum absolute atomic E-state index is 0.214. The predicted molar refractivity (Wildman–Crippen MR) is 50.5 cm³/mol. The van der Waals surface area contributed by atoms with E-state index in [1.54, 1.807) is 18.9 Å². The van der Waals surface area contributed by atoms with Crippen LogP contribution in [0.2, 0.25) is 0 Å². The molecule has 0 aromatic heterocycles. The van der Waals surface area contributed by atoms with E-state index in [4.69, 9.17) is 4.74 Å². The summed E-state index contributed by atoms with van der Waals surface area (Å²) in [5.74, 6) is 0. The Morgan fingerprint density at radius 1 is 1.45 bits per heavy atom. The molecule has 0 N–H and O–H groups in total. The maximum Gasteiger partial charge on any atom is 0.139 e. The van der Waals surface area contributed by atoms with E-state index in [1.807, 2.05) is 0 Å². The summed E-state index contributed by atoms with van der Waals surface area (Å²) in [5, 5.41) is 0. The molecule has 2 heteroatoms. The highest BCUT2D eigenvalue weighted by molar-refractivity contribution is 8.04. The molecule has 62 valence electrons. The molecule has 11 heavy (non-hydrogen) atoms. The number of rotatable bonds is 1. The average molecular weight is 170 g/mol. The van der Waals surface area contributed by atoms with E-state index >= 15 is 0 Å². The highest BCUT2D eigenvalue weighted by Gasteiger charge is 2.35. The van der Waals surface area contributed by atoms with Crippen LogP contribution in [0, 0.1) is 0 Å². The summed E-state index contributed by atoms with van der Waals surface area (Å²) in [4.78, 5) is 1.10. The second kappa shape index (κ2) is 2.68. The third-order valence-electron chi connectivity index (χ3n) is 2.27. The summed E-state index contributed by atoms with van der Waals surface area (Å²) < 4.78 is 5.37. The maximum atomic E-state index is 5.37. The molecule has 0 amide bonds. The van der Waals surface area contributed by atoms with Gasteiger partial charge in [0.15, 0.2) is 0 Å². The summed E-state index contributed by atoms with van der Waals surface area (Å²) in [6.07, 6.45) is 0. The van der Waals surface area contributed by atoms with Crippen LogP contribution < -0.4 is 0 Å². The summed E-state index contributed by atoms with van der Waals surface area (Å²) in [6, 6.07) is 0. The van der Waals surface area contributed by atoms with Gasteiger partial charge >= 0.3 is 0 Å². The van der Waals surface area contributed by atoms with Crippen molar-refractivity contribution < 1.29 is 4.74 Å². The van der Waals surface area contributed by atoms with Crippen molar-refractivity contribution in [1.29, 1.82) is 0 Å². The van der Waals surface area contributed by atoms with Crippen molar-refractivity contribution in [2.45, 2.75) is 25.7 Å². The normalized spacial score (nSPS) is 31.8. The fourth-order valence-electron chi connectivity index (χ4n) is 1.15. The van der Waals surface area contributed by atoms with Gasteiger partial charge in [0, 0.05) is 7.11 Å². The van der Waals surface area contributed by atoms with Gasteiger partial charge in [-0.25, -0.2) is 0 Å². The Bertz CT molecular complexity index is 230. The van der Waals surface area contributed by atoms with Crippen molar-refractivity contribution in [3.8, 4) is 0 Å². The van der Waals surface area contributed by atoms with Gasteiger partial charge < -0.3 is 4.74 Å². The first kappa shape index (κ1) is 8.88. The predicted octanol–water partition coefficient (Wildman–Crippen LogP) is 2.95. The number of hydrogen-bond donors (Lipinski definition) is 0. The second-order valence-electron chi connectivity index (χ2n) is 2.91. The smallest absolute Gasteiger partial charge is 0.139 e. The number of hydrogen-bond acceptors (Lipinski definition) is 2. The summed E-state index contributed by atoms with van der Waals surface area (Å²) in [6.45, 7) is 10.3. The lowest BCUT2D eigenvalue weighted by Gasteiger charge is -2.23. The van der Waals surface area contributed by atoms with Crippen LogP contribution in [0.5, 0.6) is 0 Å². The maximum absolute atomic E-state index is 5.37. The largest absolute Gasteiger partial charge is 0.363 e. The lowest BCUT2D eigenvalue weighted by atomic mass is 10.1.